The Morgan fingerprint density at radius 1 is 1.27 bits per heavy atom. The van der Waals surface area contributed by atoms with Gasteiger partial charge in [-0.3, -0.25) is 10.4 Å². The third-order valence-electron chi connectivity index (χ3n) is 2.40. The molecule has 2 rings (SSSR count). The zero-order valence-corrected chi connectivity index (χ0v) is 12.9. The smallest absolute Gasteiger partial charge is 0.288 e. The topological polar surface area (TPSA) is 49.3 Å². The number of nitrogens with one attached hydrogen (secondary N) is 2. The minimum Gasteiger partial charge on any atom is -0.331 e. The minimum absolute atomic E-state index is 0.300. The van der Waals surface area contributed by atoms with Gasteiger partial charge >= 0.3 is 0 Å². The van der Waals surface area contributed by atoms with Crippen molar-refractivity contribution in [1.82, 2.24) is 10.4 Å². The molecule has 2 N–H and O–H groups in total. The molecule has 2 aromatic rings. The maximum Gasteiger partial charge on any atom is 0.288 e. The van der Waals surface area contributed by atoms with E-state index in [0.717, 1.165) is 5.56 Å². The molecule has 0 saturated carbocycles. The Balaban J connectivity index is 1.83. The summed E-state index contributed by atoms with van der Waals surface area (Å²) in [6.45, 7) is 0. The molecule has 0 saturated heterocycles. The Labute approximate surface area is 136 Å². The normalized spacial score (nSPS) is 10.9. The molecule has 0 spiro atoms. The number of hydrogen-bond acceptors (Lipinski definition) is 4. The molecule has 8 heteroatoms. The van der Waals surface area contributed by atoms with Gasteiger partial charge in [0.2, 0.25) is 0 Å². The van der Waals surface area contributed by atoms with Crippen molar-refractivity contribution in [2.24, 2.45) is 5.10 Å². The lowest BCUT2D eigenvalue weighted by molar-refractivity contribution is 0.252. The molecule has 0 atom stereocenters. The standard InChI is InChI=1S/C14H12F2N4S2/c15-13(16)22-12-5-3-11(4-6-12)19-14(21)20-18-9-10-2-1-7-17-8-10/h1-9,13H,(H2,19,20,21)/b18-9-. The predicted octanol–water partition coefficient (Wildman–Crippen LogP) is 3.72. The molecule has 1 aromatic carbocycles. The van der Waals surface area contributed by atoms with Crippen LogP contribution in [-0.4, -0.2) is 22.1 Å². The maximum atomic E-state index is 12.2. The fourth-order valence-corrected chi connectivity index (χ4v) is 2.17. The summed E-state index contributed by atoms with van der Waals surface area (Å²) in [5.74, 6) is -2.43. The van der Waals surface area contributed by atoms with Crippen LogP contribution in [0.1, 0.15) is 5.56 Å². The molecule has 0 aliphatic carbocycles. The van der Waals surface area contributed by atoms with Gasteiger partial charge in [0.15, 0.2) is 5.11 Å². The summed E-state index contributed by atoms with van der Waals surface area (Å²) in [7, 11) is 0. The highest BCUT2D eigenvalue weighted by Crippen LogP contribution is 2.26. The van der Waals surface area contributed by atoms with Gasteiger partial charge in [-0.2, -0.15) is 13.9 Å². The van der Waals surface area contributed by atoms with E-state index < -0.39 is 5.76 Å². The highest BCUT2D eigenvalue weighted by Gasteiger charge is 2.04. The van der Waals surface area contributed by atoms with Gasteiger partial charge < -0.3 is 5.32 Å². The van der Waals surface area contributed by atoms with E-state index in [2.05, 4.69) is 20.8 Å². The summed E-state index contributed by atoms with van der Waals surface area (Å²) >= 11 is 5.58. The molecule has 22 heavy (non-hydrogen) atoms. The Bertz CT molecular complexity index is 633. The molecule has 0 aliphatic rings. The molecule has 0 radical (unpaired) electrons. The first-order valence-corrected chi connectivity index (χ1v) is 7.47. The summed E-state index contributed by atoms with van der Waals surface area (Å²) in [6, 6.07) is 10.2. The van der Waals surface area contributed by atoms with Crippen molar-refractivity contribution in [3.05, 3.63) is 54.4 Å². The van der Waals surface area contributed by atoms with E-state index >= 15 is 0 Å². The largest absolute Gasteiger partial charge is 0.331 e. The molecule has 114 valence electrons. The Hall–Kier alpha value is -2.06. The van der Waals surface area contributed by atoms with Crippen molar-refractivity contribution in [3.63, 3.8) is 0 Å². The first-order chi connectivity index (χ1) is 10.6. The van der Waals surface area contributed by atoms with Crippen molar-refractivity contribution in [2.45, 2.75) is 10.7 Å². The molecule has 0 aliphatic heterocycles. The van der Waals surface area contributed by atoms with E-state index in [4.69, 9.17) is 12.2 Å². The number of rotatable bonds is 5. The van der Waals surface area contributed by atoms with Gasteiger partial charge in [-0.05, 0) is 42.5 Å². The fraction of sp³-hybridized carbons (Fsp3) is 0.0714. The van der Waals surface area contributed by atoms with E-state index in [1.54, 1.807) is 48.9 Å². The molecular weight excluding hydrogens is 326 g/mol. The van der Waals surface area contributed by atoms with E-state index in [0.29, 0.717) is 27.5 Å². The quantitative estimate of drug-likeness (QED) is 0.377. The second-order valence-corrected chi connectivity index (χ2v) is 5.49. The molecule has 0 bridgehead atoms. The van der Waals surface area contributed by atoms with Crippen molar-refractivity contribution in [3.8, 4) is 0 Å². The van der Waals surface area contributed by atoms with Gasteiger partial charge in [0.25, 0.3) is 5.76 Å². The van der Waals surface area contributed by atoms with Gasteiger partial charge in [-0.1, -0.05) is 17.8 Å². The Kier molecular flexibility index (Phi) is 6.23. The number of thioether (sulfide) groups is 1. The van der Waals surface area contributed by atoms with Gasteiger partial charge in [0.05, 0.1) is 6.21 Å². The van der Waals surface area contributed by atoms with E-state index in [1.165, 1.54) is 0 Å². The molecular formula is C14H12F2N4S2. The van der Waals surface area contributed by atoms with Crippen molar-refractivity contribution in [1.29, 1.82) is 0 Å². The second-order valence-electron chi connectivity index (χ2n) is 4.01. The fourth-order valence-electron chi connectivity index (χ4n) is 1.50. The highest BCUT2D eigenvalue weighted by atomic mass is 32.2. The van der Waals surface area contributed by atoms with Crippen LogP contribution >= 0.6 is 24.0 Å². The molecule has 4 nitrogen and oxygen atoms in total. The first-order valence-electron chi connectivity index (χ1n) is 6.18. The van der Waals surface area contributed by atoms with Gasteiger partial charge in [0.1, 0.15) is 0 Å². The molecule has 1 heterocycles. The van der Waals surface area contributed by atoms with Crippen molar-refractivity contribution < 1.29 is 8.78 Å². The van der Waals surface area contributed by atoms with Crippen LogP contribution in [0, 0.1) is 0 Å². The summed E-state index contributed by atoms with van der Waals surface area (Å²) in [5.41, 5.74) is 4.19. The lowest BCUT2D eigenvalue weighted by atomic mass is 10.3. The molecule has 0 fully saturated rings. The number of alkyl halides is 2. The van der Waals surface area contributed by atoms with Crippen LogP contribution in [0.3, 0.4) is 0 Å². The van der Waals surface area contributed by atoms with Crippen LogP contribution in [0.15, 0.2) is 58.8 Å². The second kappa shape index (κ2) is 8.40. The lowest BCUT2D eigenvalue weighted by Crippen LogP contribution is -2.23. The predicted molar refractivity (Wildman–Crippen MR) is 89.5 cm³/mol. The zero-order valence-electron chi connectivity index (χ0n) is 11.2. The average molecular weight is 338 g/mol. The van der Waals surface area contributed by atoms with Crippen LogP contribution in [0.2, 0.25) is 0 Å². The molecule has 1 aromatic heterocycles. The van der Waals surface area contributed by atoms with Crippen LogP contribution in [0.5, 0.6) is 0 Å². The van der Waals surface area contributed by atoms with Crippen molar-refractivity contribution in [2.75, 3.05) is 5.32 Å². The lowest BCUT2D eigenvalue weighted by Gasteiger charge is -2.07. The zero-order chi connectivity index (χ0) is 15.8. The number of anilines is 1. The number of pyridine rings is 1. The number of halogens is 2. The molecule has 0 amide bonds. The number of hydrazone groups is 1. The summed E-state index contributed by atoms with van der Waals surface area (Å²) in [5, 5.41) is 7.18. The number of thiocarbonyl (C=S) groups is 1. The third-order valence-corrected chi connectivity index (χ3v) is 3.32. The van der Waals surface area contributed by atoms with E-state index in [-0.39, 0.29) is 0 Å². The number of benzene rings is 1. The third kappa shape index (κ3) is 5.74. The minimum atomic E-state index is -2.43. The molecule has 0 unspecified atom stereocenters. The van der Waals surface area contributed by atoms with E-state index in [9.17, 15) is 8.78 Å². The number of nitrogens with zero attached hydrogens (tertiary/aromatic N) is 2. The van der Waals surface area contributed by atoms with E-state index in [1.807, 2.05) is 6.07 Å². The van der Waals surface area contributed by atoms with Crippen LogP contribution in [-0.2, 0) is 0 Å². The van der Waals surface area contributed by atoms with Gasteiger partial charge in [-0.25, -0.2) is 0 Å². The summed E-state index contributed by atoms with van der Waals surface area (Å²) in [4.78, 5) is 4.45. The van der Waals surface area contributed by atoms with Crippen LogP contribution in [0.25, 0.3) is 0 Å². The summed E-state index contributed by atoms with van der Waals surface area (Å²) in [6.07, 6.45) is 4.93. The SMILES string of the molecule is FC(F)Sc1ccc(NC(=S)N/N=C\c2cccnc2)cc1. The number of hydrogen-bond donors (Lipinski definition) is 2. The van der Waals surface area contributed by atoms with Crippen LogP contribution < -0.4 is 10.7 Å². The monoisotopic (exact) mass is 338 g/mol. The maximum absolute atomic E-state index is 12.2. The highest BCUT2D eigenvalue weighted by molar-refractivity contribution is 7.99. The van der Waals surface area contributed by atoms with Gasteiger partial charge in [-0.15, -0.1) is 0 Å². The Morgan fingerprint density at radius 3 is 2.68 bits per heavy atom. The average Bonchev–Trinajstić information content (AvgIpc) is 2.50. The summed E-state index contributed by atoms with van der Waals surface area (Å²) < 4.78 is 24.4. The first kappa shape index (κ1) is 16.3. The number of aromatic nitrogens is 1. The van der Waals surface area contributed by atoms with Gasteiger partial charge in [0, 0.05) is 28.5 Å². The van der Waals surface area contributed by atoms with Crippen molar-refractivity contribution >= 4 is 41.0 Å². The Morgan fingerprint density at radius 2 is 2.05 bits per heavy atom. The van der Waals surface area contributed by atoms with Crippen LogP contribution in [0.4, 0.5) is 14.5 Å².